The highest BCUT2D eigenvalue weighted by molar-refractivity contribution is 5.89. The third-order valence-corrected chi connectivity index (χ3v) is 2.85. The van der Waals surface area contributed by atoms with Gasteiger partial charge in [0.15, 0.2) is 0 Å². The van der Waals surface area contributed by atoms with Gasteiger partial charge in [-0.25, -0.2) is 4.79 Å². The summed E-state index contributed by atoms with van der Waals surface area (Å²) in [7, 11) is 3.45. The Morgan fingerprint density at radius 2 is 1.36 bits per heavy atom. The molecule has 0 aliphatic heterocycles. The van der Waals surface area contributed by atoms with E-state index in [4.69, 9.17) is 4.74 Å². The van der Waals surface area contributed by atoms with Crippen molar-refractivity contribution < 1.29 is 14.3 Å². The van der Waals surface area contributed by atoms with Gasteiger partial charge in [-0.1, -0.05) is 48.5 Å². The van der Waals surface area contributed by atoms with E-state index in [1.54, 1.807) is 26.2 Å². The van der Waals surface area contributed by atoms with E-state index in [-0.39, 0.29) is 11.9 Å². The first kappa shape index (κ1) is 17.4. The van der Waals surface area contributed by atoms with Gasteiger partial charge in [-0.05, 0) is 17.7 Å². The lowest BCUT2D eigenvalue weighted by atomic mass is 10.2. The Bertz CT molecular complexity index is 580. The number of benzene rings is 2. The number of carbonyl (C=O) groups excluding carboxylic acids is 2. The van der Waals surface area contributed by atoms with E-state index in [1.165, 1.54) is 11.8 Å². The number of esters is 1. The molecular weight excluding hydrogens is 278 g/mol. The van der Waals surface area contributed by atoms with Gasteiger partial charge in [0.05, 0.1) is 5.56 Å². The molecule has 0 saturated carbocycles. The largest absolute Gasteiger partial charge is 0.457 e. The number of hydrogen-bond donors (Lipinski definition) is 0. The fraction of sp³-hybridized carbons (Fsp3) is 0.222. The molecule has 0 bridgehead atoms. The summed E-state index contributed by atoms with van der Waals surface area (Å²) in [6.07, 6.45) is 0. The summed E-state index contributed by atoms with van der Waals surface area (Å²) in [5.74, 6) is -0.195. The molecule has 0 aromatic heterocycles. The van der Waals surface area contributed by atoms with E-state index < -0.39 is 0 Å². The second-order valence-electron chi connectivity index (χ2n) is 4.84. The Morgan fingerprint density at radius 1 is 0.909 bits per heavy atom. The maximum atomic E-state index is 11.6. The van der Waals surface area contributed by atoms with E-state index in [2.05, 4.69) is 0 Å². The minimum absolute atomic E-state index is 0.0926. The van der Waals surface area contributed by atoms with Crippen LogP contribution in [0.4, 0.5) is 0 Å². The molecule has 0 heterocycles. The van der Waals surface area contributed by atoms with Crippen molar-refractivity contribution in [3.05, 3.63) is 71.8 Å². The van der Waals surface area contributed by atoms with Gasteiger partial charge in [-0.15, -0.1) is 0 Å². The predicted octanol–water partition coefficient (Wildman–Crippen LogP) is 3.14. The fourth-order valence-electron chi connectivity index (χ4n) is 1.38. The third-order valence-electron chi connectivity index (χ3n) is 2.85. The van der Waals surface area contributed by atoms with Crippen LogP contribution in [0.15, 0.2) is 60.7 Å². The molecule has 0 radical (unpaired) electrons. The molecule has 0 atom stereocenters. The Hall–Kier alpha value is -2.62. The van der Waals surface area contributed by atoms with E-state index in [9.17, 15) is 9.59 Å². The van der Waals surface area contributed by atoms with Gasteiger partial charge in [0.1, 0.15) is 6.61 Å². The molecule has 0 fully saturated rings. The van der Waals surface area contributed by atoms with E-state index in [0.717, 1.165) is 5.56 Å². The normalized spacial score (nSPS) is 9.23. The molecule has 116 valence electrons. The topological polar surface area (TPSA) is 46.6 Å². The minimum atomic E-state index is -0.288. The molecule has 2 aromatic rings. The van der Waals surface area contributed by atoms with Gasteiger partial charge in [-0.2, -0.15) is 0 Å². The Morgan fingerprint density at radius 3 is 1.82 bits per heavy atom. The van der Waals surface area contributed by atoms with Crippen LogP contribution in [0.2, 0.25) is 0 Å². The van der Waals surface area contributed by atoms with Crippen molar-refractivity contribution in [3.8, 4) is 0 Å². The summed E-state index contributed by atoms with van der Waals surface area (Å²) in [5.41, 5.74) is 1.57. The molecule has 0 saturated heterocycles. The van der Waals surface area contributed by atoms with Gasteiger partial charge in [0.2, 0.25) is 5.91 Å². The Kier molecular flexibility index (Phi) is 7.40. The summed E-state index contributed by atoms with van der Waals surface area (Å²) in [6.45, 7) is 1.84. The Balaban J connectivity index is 0.000000346. The standard InChI is InChI=1S/C14H12O2.C4H9NO/c15-14(13-9-5-2-6-10-13)16-11-12-7-3-1-4-8-12;1-4(6)5(2)3/h1-10H,11H2;1-3H3. The highest BCUT2D eigenvalue weighted by Gasteiger charge is 2.05. The molecule has 0 N–H and O–H groups in total. The summed E-state index contributed by atoms with van der Waals surface area (Å²) in [6, 6.07) is 18.6. The summed E-state index contributed by atoms with van der Waals surface area (Å²) < 4.78 is 5.18. The fourth-order valence-corrected chi connectivity index (χ4v) is 1.38. The quantitative estimate of drug-likeness (QED) is 0.818. The maximum absolute atomic E-state index is 11.6. The smallest absolute Gasteiger partial charge is 0.338 e. The molecule has 4 nitrogen and oxygen atoms in total. The molecule has 0 spiro atoms. The van der Waals surface area contributed by atoms with E-state index >= 15 is 0 Å². The van der Waals surface area contributed by atoms with Gasteiger partial charge in [-0.3, -0.25) is 4.79 Å². The maximum Gasteiger partial charge on any atom is 0.338 e. The average molecular weight is 299 g/mol. The Labute approximate surface area is 131 Å². The van der Waals surface area contributed by atoms with Crippen LogP contribution < -0.4 is 0 Å². The third kappa shape index (κ3) is 6.70. The molecule has 0 aliphatic rings. The predicted molar refractivity (Wildman–Crippen MR) is 86.4 cm³/mol. The highest BCUT2D eigenvalue weighted by atomic mass is 16.5. The van der Waals surface area contributed by atoms with Crippen LogP contribution in [0.3, 0.4) is 0 Å². The van der Waals surface area contributed by atoms with Gasteiger partial charge in [0.25, 0.3) is 0 Å². The number of carbonyl (C=O) groups is 2. The van der Waals surface area contributed by atoms with Crippen molar-refractivity contribution in [2.75, 3.05) is 14.1 Å². The van der Waals surface area contributed by atoms with Crippen molar-refractivity contribution in [3.63, 3.8) is 0 Å². The van der Waals surface area contributed by atoms with Crippen LogP contribution in [0.25, 0.3) is 0 Å². The number of rotatable bonds is 3. The van der Waals surface area contributed by atoms with Crippen molar-refractivity contribution in [2.24, 2.45) is 0 Å². The molecule has 1 amide bonds. The zero-order valence-corrected chi connectivity index (χ0v) is 13.2. The summed E-state index contributed by atoms with van der Waals surface area (Å²) in [4.78, 5) is 23.2. The molecule has 2 aromatic carbocycles. The van der Waals surface area contributed by atoms with Crippen LogP contribution in [0.1, 0.15) is 22.8 Å². The number of amides is 1. The molecule has 4 heteroatoms. The second kappa shape index (κ2) is 9.34. The molecule has 22 heavy (non-hydrogen) atoms. The van der Waals surface area contributed by atoms with E-state index in [1.807, 2.05) is 48.5 Å². The number of nitrogens with zero attached hydrogens (tertiary/aromatic N) is 1. The summed E-state index contributed by atoms with van der Waals surface area (Å²) >= 11 is 0. The van der Waals surface area contributed by atoms with Crippen molar-refractivity contribution >= 4 is 11.9 Å². The van der Waals surface area contributed by atoms with Gasteiger partial charge >= 0.3 is 5.97 Å². The lowest BCUT2D eigenvalue weighted by Crippen LogP contribution is -2.17. The lowest BCUT2D eigenvalue weighted by Gasteiger charge is -2.04. The SMILES string of the molecule is CC(=O)N(C)C.O=C(OCc1ccccc1)c1ccccc1. The zero-order valence-electron chi connectivity index (χ0n) is 13.2. The summed E-state index contributed by atoms with van der Waals surface area (Å²) in [5, 5.41) is 0. The first-order valence-corrected chi connectivity index (χ1v) is 6.94. The molecule has 2 rings (SSSR count). The molecule has 0 unspecified atom stereocenters. The van der Waals surface area contributed by atoms with Crippen molar-refractivity contribution in [1.82, 2.24) is 4.90 Å². The zero-order chi connectivity index (χ0) is 16.4. The van der Waals surface area contributed by atoms with Crippen LogP contribution in [-0.2, 0) is 16.1 Å². The molecule has 0 aliphatic carbocycles. The monoisotopic (exact) mass is 299 g/mol. The van der Waals surface area contributed by atoms with Crippen LogP contribution >= 0.6 is 0 Å². The number of hydrogen-bond acceptors (Lipinski definition) is 3. The van der Waals surface area contributed by atoms with Crippen LogP contribution in [-0.4, -0.2) is 30.9 Å². The first-order chi connectivity index (χ1) is 10.5. The van der Waals surface area contributed by atoms with E-state index in [0.29, 0.717) is 12.2 Å². The lowest BCUT2D eigenvalue weighted by molar-refractivity contribution is -0.126. The minimum Gasteiger partial charge on any atom is -0.457 e. The van der Waals surface area contributed by atoms with Crippen molar-refractivity contribution in [1.29, 1.82) is 0 Å². The van der Waals surface area contributed by atoms with Crippen LogP contribution in [0.5, 0.6) is 0 Å². The van der Waals surface area contributed by atoms with Gasteiger partial charge < -0.3 is 9.64 Å². The van der Waals surface area contributed by atoms with Crippen molar-refractivity contribution in [2.45, 2.75) is 13.5 Å². The number of ether oxygens (including phenoxy) is 1. The molecular formula is C18H21NO3. The first-order valence-electron chi connectivity index (χ1n) is 6.94. The average Bonchev–Trinajstić information content (AvgIpc) is 2.55. The van der Waals surface area contributed by atoms with Crippen LogP contribution in [0, 0.1) is 0 Å². The highest BCUT2D eigenvalue weighted by Crippen LogP contribution is 2.05. The van der Waals surface area contributed by atoms with Gasteiger partial charge in [0, 0.05) is 21.0 Å². The second-order valence-corrected chi connectivity index (χ2v) is 4.84.